The van der Waals surface area contributed by atoms with E-state index in [0.29, 0.717) is 17.6 Å². The van der Waals surface area contributed by atoms with Crippen LogP contribution in [0, 0.1) is 5.92 Å². The first-order valence-electron chi connectivity index (χ1n) is 5.32. The van der Waals surface area contributed by atoms with Crippen LogP contribution in [-0.2, 0) is 4.74 Å². The Morgan fingerprint density at radius 3 is 2.60 bits per heavy atom. The maximum absolute atomic E-state index is 11.3. The second-order valence-corrected chi connectivity index (χ2v) is 4.50. The van der Waals surface area contributed by atoms with Crippen molar-refractivity contribution >= 4 is 23.4 Å². The van der Waals surface area contributed by atoms with E-state index in [1.165, 1.54) is 0 Å². The molecular formula is C10H18N2O2S. The van der Waals surface area contributed by atoms with Crippen molar-refractivity contribution in [3.05, 3.63) is 0 Å². The van der Waals surface area contributed by atoms with E-state index in [-0.39, 0.29) is 0 Å². The van der Waals surface area contributed by atoms with Gasteiger partial charge in [-0.1, -0.05) is 13.8 Å². The molecule has 1 fully saturated rings. The van der Waals surface area contributed by atoms with Crippen molar-refractivity contribution in [3.63, 3.8) is 0 Å². The van der Waals surface area contributed by atoms with E-state index in [2.05, 4.69) is 5.32 Å². The summed E-state index contributed by atoms with van der Waals surface area (Å²) in [6.07, 6.45) is 1.84. The molecule has 0 spiro atoms. The van der Waals surface area contributed by atoms with Gasteiger partial charge in [-0.3, -0.25) is 5.32 Å². The van der Waals surface area contributed by atoms with E-state index in [9.17, 15) is 4.79 Å². The number of amides is 1. The van der Waals surface area contributed by atoms with Gasteiger partial charge in [0.15, 0.2) is 5.11 Å². The molecule has 0 aromatic rings. The third kappa shape index (κ3) is 4.46. The van der Waals surface area contributed by atoms with Gasteiger partial charge in [0.2, 0.25) is 0 Å². The minimum Gasteiger partial charge on any atom is -0.449 e. The van der Waals surface area contributed by atoms with Gasteiger partial charge >= 0.3 is 6.09 Å². The van der Waals surface area contributed by atoms with Gasteiger partial charge < -0.3 is 9.64 Å². The molecule has 86 valence electrons. The predicted molar refractivity (Wildman–Crippen MR) is 62.7 cm³/mol. The summed E-state index contributed by atoms with van der Waals surface area (Å²) in [5, 5.41) is 3.06. The molecule has 0 unspecified atom stereocenters. The molecule has 0 aromatic heterocycles. The van der Waals surface area contributed by atoms with Gasteiger partial charge in [0.1, 0.15) is 0 Å². The van der Waals surface area contributed by atoms with Crippen LogP contribution in [0.5, 0.6) is 0 Å². The standard InChI is InChI=1S/C10H18N2O2S/c1-8(2)7-14-10(13)11-9(15)12-5-3-4-6-12/h8H,3-7H2,1-2H3,(H,11,13,15). The van der Waals surface area contributed by atoms with E-state index in [1.807, 2.05) is 18.7 Å². The van der Waals surface area contributed by atoms with Crippen LogP contribution >= 0.6 is 12.2 Å². The fourth-order valence-corrected chi connectivity index (χ4v) is 1.63. The molecule has 4 nitrogen and oxygen atoms in total. The van der Waals surface area contributed by atoms with Crippen molar-refractivity contribution in [1.82, 2.24) is 10.2 Å². The van der Waals surface area contributed by atoms with Gasteiger partial charge in [-0.2, -0.15) is 0 Å². The highest BCUT2D eigenvalue weighted by Gasteiger charge is 2.16. The Balaban J connectivity index is 2.21. The Morgan fingerprint density at radius 2 is 2.07 bits per heavy atom. The number of alkyl carbamates (subject to hydrolysis) is 1. The lowest BCUT2D eigenvalue weighted by atomic mass is 10.2. The summed E-state index contributed by atoms with van der Waals surface area (Å²) in [6, 6.07) is 0. The summed E-state index contributed by atoms with van der Waals surface area (Å²) in [5.74, 6) is 0.344. The maximum atomic E-state index is 11.3. The highest BCUT2D eigenvalue weighted by Crippen LogP contribution is 2.07. The molecule has 0 radical (unpaired) electrons. The molecule has 1 aliphatic rings. The van der Waals surface area contributed by atoms with Crippen LogP contribution < -0.4 is 5.32 Å². The van der Waals surface area contributed by atoms with Gasteiger partial charge in [-0.05, 0) is 31.0 Å². The summed E-state index contributed by atoms with van der Waals surface area (Å²) in [5.41, 5.74) is 0. The summed E-state index contributed by atoms with van der Waals surface area (Å²) in [6.45, 7) is 6.28. The van der Waals surface area contributed by atoms with Crippen molar-refractivity contribution in [2.75, 3.05) is 19.7 Å². The van der Waals surface area contributed by atoms with Crippen molar-refractivity contribution < 1.29 is 9.53 Å². The Kier molecular flexibility index (Phi) is 4.81. The first-order chi connectivity index (χ1) is 7.09. The molecule has 0 atom stereocenters. The van der Waals surface area contributed by atoms with E-state index in [1.54, 1.807) is 0 Å². The number of nitrogens with zero attached hydrogens (tertiary/aromatic N) is 1. The van der Waals surface area contributed by atoms with Gasteiger partial charge in [0.25, 0.3) is 0 Å². The van der Waals surface area contributed by atoms with Gasteiger partial charge in [-0.25, -0.2) is 4.79 Å². The number of likely N-dealkylation sites (tertiary alicyclic amines) is 1. The molecule has 1 aliphatic heterocycles. The zero-order chi connectivity index (χ0) is 11.3. The number of hydrogen-bond donors (Lipinski definition) is 1. The van der Waals surface area contributed by atoms with Gasteiger partial charge in [0.05, 0.1) is 6.61 Å². The Bertz CT molecular complexity index is 238. The third-order valence-electron chi connectivity index (χ3n) is 2.15. The highest BCUT2D eigenvalue weighted by molar-refractivity contribution is 7.80. The molecule has 1 saturated heterocycles. The van der Waals surface area contributed by atoms with Gasteiger partial charge in [0, 0.05) is 13.1 Å². The quantitative estimate of drug-likeness (QED) is 0.734. The van der Waals surface area contributed by atoms with E-state index >= 15 is 0 Å². The van der Waals surface area contributed by atoms with E-state index < -0.39 is 6.09 Å². The molecule has 0 aromatic carbocycles. The topological polar surface area (TPSA) is 41.6 Å². The SMILES string of the molecule is CC(C)COC(=O)NC(=S)N1CCCC1. The summed E-state index contributed by atoms with van der Waals surface area (Å²) >= 11 is 5.08. The Hall–Kier alpha value is -0.840. The fraction of sp³-hybridized carbons (Fsp3) is 0.800. The van der Waals surface area contributed by atoms with E-state index in [0.717, 1.165) is 25.9 Å². The largest absolute Gasteiger partial charge is 0.449 e. The van der Waals surface area contributed by atoms with Crippen molar-refractivity contribution in [1.29, 1.82) is 0 Å². The van der Waals surface area contributed by atoms with Crippen molar-refractivity contribution in [3.8, 4) is 0 Å². The molecule has 5 heteroatoms. The summed E-state index contributed by atoms with van der Waals surface area (Å²) in [4.78, 5) is 13.3. The number of rotatable bonds is 2. The highest BCUT2D eigenvalue weighted by atomic mass is 32.1. The van der Waals surface area contributed by atoms with Crippen LogP contribution in [0.4, 0.5) is 4.79 Å². The number of nitrogens with one attached hydrogen (secondary N) is 1. The average molecular weight is 230 g/mol. The minimum absolute atomic E-state index is 0.344. The molecular weight excluding hydrogens is 212 g/mol. The third-order valence-corrected chi connectivity index (χ3v) is 2.51. The molecule has 1 heterocycles. The van der Waals surface area contributed by atoms with E-state index in [4.69, 9.17) is 17.0 Å². The van der Waals surface area contributed by atoms with Crippen LogP contribution in [0.25, 0.3) is 0 Å². The maximum Gasteiger partial charge on any atom is 0.413 e. The number of hydrogen-bond acceptors (Lipinski definition) is 3. The second kappa shape index (κ2) is 5.90. The molecule has 1 amide bonds. The van der Waals surface area contributed by atoms with Crippen LogP contribution in [0.3, 0.4) is 0 Å². The average Bonchev–Trinajstić information content (AvgIpc) is 2.67. The van der Waals surface area contributed by atoms with Crippen LogP contribution in [0.2, 0.25) is 0 Å². The minimum atomic E-state index is -0.444. The molecule has 15 heavy (non-hydrogen) atoms. The van der Waals surface area contributed by atoms with Crippen molar-refractivity contribution in [2.45, 2.75) is 26.7 Å². The van der Waals surface area contributed by atoms with Crippen LogP contribution in [0.15, 0.2) is 0 Å². The van der Waals surface area contributed by atoms with Crippen LogP contribution in [-0.4, -0.2) is 35.8 Å². The van der Waals surface area contributed by atoms with Crippen LogP contribution in [0.1, 0.15) is 26.7 Å². The first-order valence-corrected chi connectivity index (χ1v) is 5.73. The Morgan fingerprint density at radius 1 is 1.47 bits per heavy atom. The molecule has 0 saturated carbocycles. The van der Waals surface area contributed by atoms with Crippen molar-refractivity contribution in [2.24, 2.45) is 5.92 Å². The lowest BCUT2D eigenvalue weighted by Crippen LogP contribution is -2.41. The molecule has 1 rings (SSSR count). The normalized spacial score (nSPS) is 15.5. The van der Waals surface area contributed by atoms with Gasteiger partial charge in [-0.15, -0.1) is 0 Å². The summed E-state index contributed by atoms with van der Waals surface area (Å²) in [7, 11) is 0. The molecule has 0 aliphatic carbocycles. The lowest BCUT2D eigenvalue weighted by molar-refractivity contribution is 0.137. The number of carbonyl (C=O) groups excluding carboxylic acids is 1. The number of ether oxygens (including phenoxy) is 1. The number of thiocarbonyl (C=S) groups is 1. The zero-order valence-electron chi connectivity index (χ0n) is 9.28. The molecule has 1 N–H and O–H groups in total. The number of carbonyl (C=O) groups is 1. The monoisotopic (exact) mass is 230 g/mol. The fourth-order valence-electron chi connectivity index (χ4n) is 1.37. The predicted octanol–water partition coefficient (Wildman–Crippen LogP) is 1.75. The molecule has 0 bridgehead atoms. The smallest absolute Gasteiger partial charge is 0.413 e. The summed E-state index contributed by atoms with van der Waals surface area (Å²) < 4.78 is 4.97. The Labute approximate surface area is 96.0 Å². The second-order valence-electron chi connectivity index (χ2n) is 4.12. The zero-order valence-corrected chi connectivity index (χ0v) is 10.1. The lowest BCUT2D eigenvalue weighted by Gasteiger charge is -2.18. The first kappa shape index (κ1) is 12.2.